The monoisotopic (exact) mass is 242 g/mol. The first kappa shape index (κ1) is 11.8. The Morgan fingerprint density at radius 2 is 2.25 bits per heavy atom. The second-order valence-electron chi connectivity index (χ2n) is 4.19. The molecule has 1 aliphatic carbocycles. The van der Waals surface area contributed by atoms with Crippen LogP contribution < -0.4 is 10.6 Å². The van der Waals surface area contributed by atoms with E-state index in [4.69, 9.17) is 11.6 Å². The lowest BCUT2D eigenvalue weighted by atomic mass is 10.1. The minimum Gasteiger partial charge on any atom is -0.312 e. The van der Waals surface area contributed by atoms with Crippen LogP contribution in [0.4, 0.5) is 4.39 Å². The van der Waals surface area contributed by atoms with Crippen molar-refractivity contribution in [2.24, 2.45) is 0 Å². The summed E-state index contributed by atoms with van der Waals surface area (Å²) in [5, 5.41) is 7.06. The number of rotatable bonds is 5. The minimum atomic E-state index is -0.207. The van der Waals surface area contributed by atoms with Crippen LogP contribution in [0, 0.1) is 5.82 Å². The molecule has 1 aromatic carbocycles. The van der Waals surface area contributed by atoms with Crippen molar-refractivity contribution in [2.75, 3.05) is 13.6 Å². The van der Waals surface area contributed by atoms with Gasteiger partial charge in [0.15, 0.2) is 0 Å². The zero-order valence-corrected chi connectivity index (χ0v) is 10.0. The summed E-state index contributed by atoms with van der Waals surface area (Å²) in [6, 6.07) is 5.27. The predicted octanol–water partition coefficient (Wildman–Crippen LogP) is 2.49. The molecule has 0 radical (unpaired) electrons. The van der Waals surface area contributed by atoms with Gasteiger partial charge in [0.2, 0.25) is 0 Å². The molecular weight excluding hydrogens is 227 g/mol. The highest BCUT2D eigenvalue weighted by Crippen LogP contribution is 2.23. The summed E-state index contributed by atoms with van der Waals surface area (Å²) in [5.41, 5.74) is 0.628. The first-order valence-electron chi connectivity index (χ1n) is 5.56. The Hall–Kier alpha value is -0.640. The Labute approximate surface area is 100 Å². The van der Waals surface area contributed by atoms with Gasteiger partial charge in [0.1, 0.15) is 5.82 Å². The third kappa shape index (κ3) is 2.94. The molecule has 16 heavy (non-hydrogen) atoms. The Morgan fingerprint density at radius 3 is 2.88 bits per heavy atom. The quantitative estimate of drug-likeness (QED) is 0.829. The van der Waals surface area contributed by atoms with Gasteiger partial charge in [0.25, 0.3) is 0 Å². The molecular formula is C12H16ClFN2. The van der Waals surface area contributed by atoms with Crippen LogP contribution in [-0.4, -0.2) is 19.6 Å². The van der Waals surface area contributed by atoms with Gasteiger partial charge in [-0.05, 0) is 38.1 Å². The Morgan fingerprint density at radius 1 is 1.50 bits per heavy atom. The first-order valence-corrected chi connectivity index (χ1v) is 5.94. The van der Waals surface area contributed by atoms with E-state index < -0.39 is 0 Å². The smallest absolute Gasteiger partial charge is 0.128 e. The van der Waals surface area contributed by atoms with Gasteiger partial charge in [-0.25, -0.2) is 4.39 Å². The SMILES string of the molecule is CNC(CNC1CC1)c1cc(Cl)ccc1F. The maximum atomic E-state index is 13.6. The van der Waals surface area contributed by atoms with Crippen LogP contribution in [0.3, 0.4) is 0 Å². The van der Waals surface area contributed by atoms with Crippen molar-refractivity contribution in [3.05, 3.63) is 34.6 Å². The summed E-state index contributed by atoms with van der Waals surface area (Å²) in [6.45, 7) is 0.735. The fourth-order valence-electron chi connectivity index (χ4n) is 1.72. The van der Waals surface area contributed by atoms with E-state index in [0.717, 1.165) is 6.54 Å². The average Bonchev–Trinajstić information content (AvgIpc) is 3.07. The topological polar surface area (TPSA) is 24.1 Å². The van der Waals surface area contributed by atoms with Crippen molar-refractivity contribution in [1.82, 2.24) is 10.6 Å². The molecule has 1 fully saturated rings. The summed E-state index contributed by atoms with van der Waals surface area (Å²) < 4.78 is 13.6. The molecule has 0 heterocycles. The fraction of sp³-hybridized carbons (Fsp3) is 0.500. The van der Waals surface area contributed by atoms with Gasteiger partial charge in [0.05, 0.1) is 0 Å². The molecule has 0 amide bonds. The molecule has 0 aliphatic heterocycles. The van der Waals surface area contributed by atoms with Crippen LogP contribution in [0.5, 0.6) is 0 Å². The van der Waals surface area contributed by atoms with Crippen molar-refractivity contribution in [1.29, 1.82) is 0 Å². The number of nitrogens with one attached hydrogen (secondary N) is 2. The average molecular weight is 243 g/mol. The molecule has 1 unspecified atom stereocenters. The second kappa shape index (κ2) is 5.13. The number of benzene rings is 1. The molecule has 0 bridgehead atoms. The normalized spacial score (nSPS) is 17.4. The van der Waals surface area contributed by atoms with E-state index in [1.54, 1.807) is 12.1 Å². The van der Waals surface area contributed by atoms with Gasteiger partial charge in [0, 0.05) is 29.2 Å². The van der Waals surface area contributed by atoms with Crippen molar-refractivity contribution >= 4 is 11.6 Å². The summed E-state index contributed by atoms with van der Waals surface area (Å²) >= 11 is 5.88. The van der Waals surface area contributed by atoms with E-state index in [2.05, 4.69) is 10.6 Å². The Balaban J connectivity index is 2.07. The summed E-state index contributed by atoms with van der Waals surface area (Å²) in [7, 11) is 1.83. The molecule has 1 saturated carbocycles. The molecule has 0 aromatic heterocycles. The highest BCUT2D eigenvalue weighted by molar-refractivity contribution is 6.30. The zero-order valence-electron chi connectivity index (χ0n) is 9.26. The van der Waals surface area contributed by atoms with Crippen LogP contribution >= 0.6 is 11.6 Å². The fourth-order valence-corrected chi connectivity index (χ4v) is 1.90. The first-order chi connectivity index (χ1) is 7.70. The third-order valence-corrected chi connectivity index (χ3v) is 3.11. The predicted molar refractivity (Wildman–Crippen MR) is 64.2 cm³/mol. The van der Waals surface area contributed by atoms with Gasteiger partial charge in [-0.2, -0.15) is 0 Å². The molecule has 88 valence electrons. The number of halogens is 2. The molecule has 1 atom stereocenters. The molecule has 2 N–H and O–H groups in total. The highest BCUT2D eigenvalue weighted by Gasteiger charge is 2.22. The number of hydrogen-bond donors (Lipinski definition) is 2. The number of hydrogen-bond acceptors (Lipinski definition) is 2. The maximum Gasteiger partial charge on any atom is 0.128 e. The lowest BCUT2D eigenvalue weighted by molar-refractivity contribution is 0.497. The standard InChI is InChI=1S/C12H16ClFN2/c1-15-12(7-16-9-3-4-9)10-6-8(13)2-5-11(10)14/h2,5-6,9,12,15-16H,3-4,7H2,1H3. The van der Waals surface area contributed by atoms with Crippen LogP contribution in [0.2, 0.25) is 5.02 Å². The molecule has 4 heteroatoms. The van der Waals surface area contributed by atoms with Crippen molar-refractivity contribution in [3.63, 3.8) is 0 Å². The largest absolute Gasteiger partial charge is 0.312 e. The van der Waals surface area contributed by atoms with Crippen molar-refractivity contribution in [3.8, 4) is 0 Å². The van der Waals surface area contributed by atoms with E-state index >= 15 is 0 Å². The highest BCUT2D eigenvalue weighted by atomic mass is 35.5. The second-order valence-corrected chi connectivity index (χ2v) is 4.63. The third-order valence-electron chi connectivity index (χ3n) is 2.87. The molecule has 1 aliphatic rings. The zero-order chi connectivity index (χ0) is 11.5. The molecule has 0 saturated heterocycles. The van der Waals surface area contributed by atoms with Crippen molar-refractivity contribution < 1.29 is 4.39 Å². The molecule has 1 aromatic rings. The lowest BCUT2D eigenvalue weighted by Crippen LogP contribution is -2.31. The molecule has 0 spiro atoms. The lowest BCUT2D eigenvalue weighted by Gasteiger charge is -2.18. The van der Waals surface area contributed by atoms with Crippen LogP contribution in [0.15, 0.2) is 18.2 Å². The van der Waals surface area contributed by atoms with Gasteiger partial charge in [-0.1, -0.05) is 11.6 Å². The van der Waals surface area contributed by atoms with Gasteiger partial charge < -0.3 is 10.6 Å². The van der Waals surface area contributed by atoms with E-state index in [1.165, 1.54) is 18.9 Å². The maximum absolute atomic E-state index is 13.6. The van der Waals surface area contributed by atoms with Gasteiger partial charge >= 0.3 is 0 Å². The Bertz CT molecular complexity index is 366. The van der Waals surface area contributed by atoms with Crippen LogP contribution in [0.1, 0.15) is 24.4 Å². The van der Waals surface area contributed by atoms with Crippen molar-refractivity contribution in [2.45, 2.75) is 24.9 Å². The van der Waals surface area contributed by atoms with E-state index in [0.29, 0.717) is 16.6 Å². The van der Waals surface area contributed by atoms with Gasteiger partial charge in [-0.15, -0.1) is 0 Å². The number of likely N-dealkylation sites (N-methyl/N-ethyl adjacent to an activating group) is 1. The van der Waals surface area contributed by atoms with Crippen LogP contribution in [0.25, 0.3) is 0 Å². The molecule has 2 rings (SSSR count). The summed E-state index contributed by atoms with van der Waals surface area (Å²) in [5.74, 6) is -0.207. The van der Waals surface area contributed by atoms with E-state index in [9.17, 15) is 4.39 Å². The minimum absolute atomic E-state index is 0.0284. The summed E-state index contributed by atoms with van der Waals surface area (Å²) in [4.78, 5) is 0. The van der Waals surface area contributed by atoms with E-state index in [1.807, 2.05) is 7.05 Å². The van der Waals surface area contributed by atoms with Gasteiger partial charge in [-0.3, -0.25) is 0 Å². The van der Waals surface area contributed by atoms with E-state index in [-0.39, 0.29) is 11.9 Å². The summed E-state index contributed by atoms with van der Waals surface area (Å²) in [6.07, 6.45) is 2.46. The Kier molecular flexibility index (Phi) is 3.79. The van der Waals surface area contributed by atoms with Crippen LogP contribution in [-0.2, 0) is 0 Å². The molecule has 2 nitrogen and oxygen atoms in total.